The van der Waals surface area contributed by atoms with Crippen LogP contribution in [0.3, 0.4) is 0 Å². The molecule has 0 amide bonds. The van der Waals surface area contributed by atoms with Crippen LogP contribution >= 0.6 is 63.7 Å². The summed E-state index contributed by atoms with van der Waals surface area (Å²) in [4.78, 5) is 45.3. The van der Waals surface area contributed by atoms with E-state index in [2.05, 4.69) is 63.7 Å². The quantitative estimate of drug-likeness (QED) is 0.0965. The average Bonchev–Trinajstić information content (AvgIpc) is 2.91. The lowest BCUT2D eigenvalue weighted by atomic mass is 9.65. The zero-order chi connectivity index (χ0) is 30.2. The number of nitro groups is 4. The molecule has 0 atom stereocenters. The van der Waals surface area contributed by atoms with Crippen molar-refractivity contribution >= 4 is 86.5 Å². The molecule has 0 aliphatic carbocycles. The molecular formula is C25H12Br4N4O8. The van der Waals surface area contributed by atoms with Crippen molar-refractivity contribution in [1.29, 1.82) is 0 Å². The SMILES string of the molecule is O=[N+]([O-])c1cc(C(c2ccc(Br)c([N+](=O)[O-])c2)(c2ccc(Br)c([N+](=O)[O-])c2)c2ccc(Br)c([N+](=O)[O-])c2)ccc1Br. The Morgan fingerprint density at radius 1 is 0.415 bits per heavy atom. The number of nitrogens with zero attached hydrogens (tertiary/aromatic N) is 4. The van der Waals surface area contributed by atoms with Gasteiger partial charge in [-0.05, 0) is 110 Å². The molecule has 0 aliphatic rings. The normalized spacial score (nSPS) is 11.2. The van der Waals surface area contributed by atoms with Crippen LogP contribution in [0.15, 0.2) is 90.7 Å². The number of hydrogen-bond donors (Lipinski definition) is 0. The van der Waals surface area contributed by atoms with Crippen molar-refractivity contribution in [2.75, 3.05) is 0 Å². The first-order chi connectivity index (χ1) is 19.3. The first-order valence-electron chi connectivity index (χ1n) is 11.1. The molecule has 4 rings (SSSR count). The van der Waals surface area contributed by atoms with Gasteiger partial charge in [-0.25, -0.2) is 0 Å². The number of benzene rings is 4. The summed E-state index contributed by atoms with van der Waals surface area (Å²) < 4.78 is 0.520. The first kappa shape index (κ1) is 30.4. The average molecular weight is 816 g/mol. The summed E-state index contributed by atoms with van der Waals surface area (Å²) in [6.07, 6.45) is 0. The number of halogens is 4. The van der Waals surface area contributed by atoms with E-state index in [-0.39, 0.29) is 62.9 Å². The Labute approximate surface area is 263 Å². The van der Waals surface area contributed by atoms with Gasteiger partial charge in [-0.15, -0.1) is 0 Å². The predicted molar refractivity (Wildman–Crippen MR) is 162 cm³/mol. The third-order valence-electron chi connectivity index (χ3n) is 6.30. The molecule has 208 valence electrons. The van der Waals surface area contributed by atoms with Crippen molar-refractivity contribution in [3.8, 4) is 0 Å². The van der Waals surface area contributed by atoms with Crippen LogP contribution in [-0.4, -0.2) is 19.7 Å². The highest BCUT2D eigenvalue weighted by Gasteiger charge is 2.43. The second-order valence-corrected chi connectivity index (χ2v) is 11.9. The van der Waals surface area contributed by atoms with Crippen molar-refractivity contribution in [2.24, 2.45) is 0 Å². The molecule has 12 nitrogen and oxygen atoms in total. The molecule has 0 aromatic heterocycles. The summed E-state index contributed by atoms with van der Waals surface area (Å²) in [5.74, 6) is 0. The van der Waals surface area contributed by atoms with Gasteiger partial charge in [-0.1, -0.05) is 24.3 Å². The number of hydrogen-bond acceptors (Lipinski definition) is 8. The molecule has 0 saturated heterocycles. The Bertz CT molecular complexity index is 1520. The minimum Gasteiger partial charge on any atom is -0.258 e. The summed E-state index contributed by atoms with van der Waals surface area (Å²) in [6, 6.07) is 16.5. The zero-order valence-electron chi connectivity index (χ0n) is 20.0. The van der Waals surface area contributed by atoms with Gasteiger partial charge in [0.2, 0.25) is 0 Å². The Kier molecular flexibility index (Phi) is 8.67. The molecule has 0 spiro atoms. The van der Waals surface area contributed by atoms with Gasteiger partial charge in [0.1, 0.15) is 0 Å². The van der Waals surface area contributed by atoms with Crippen molar-refractivity contribution in [3.05, 3.63) is 153 Å². The number of nitro benzene ring substituents is 4. The summed E-state index contributed by atoms with van der Waals surface area (Å²) in [5.41, 5.74) is -2.56. The summed E-state index contributed by atoms with van der Waals surface area (Å²) in [7, 11) is 0. The van der Waals surface area contributed by atoms with Crippen LogP contribution in [0.4, 0.5) is 22.7 Å². The third kappa shape index (κ3) is 5.51. The van der Waals surface area contributed by atoms with E-state index in [0.717, 1.165) is 0 Å². The zero-order valence-corrected chi connectivity index (χ0v) is 26.3. The largest absolute Gasteiger partial charge is 0.283 e. The minimum atomic E-state index is -1.76. The lowest BCUT2D eigenvalue weighted by Gasteiger charge is -2.36. The molecule has 0 saturated carbocycles. The lowest BCUT2D eigenvalue weighted by molar-refractivity contribution is -0.385. The van der Waals surface area contributed by atoms with Crippen LogP contribution in [0.25, 0.3) is 0 Å². The monoisotopic (exact) mass is 812 g/mol. The van der Waals surface area contributed by atoms with Crippen LogP contribution in [0, 0.1) is 40.5 Å². The van der Waals surface area contributed by atoms with Crippen molar-refractivity contribution in [2.45, 2.75) is 5.41 Å². The van der Waals surface area contributed by atoms with Gasteiger partial charge < -0.3 is 0 Å². The van der Waals surface area contributed by atoms with E-state index in [4.69, 9.17) is 0 Å². The van der Waals surface area contributed by atoms with Crippen molar-refractivity contribution in [3.63, 3.8) is 0 Å². The standard InChI is InChI=1S/C25H12Br4N4O8/c26-17-5-1-13(9-21(17)30(34)35)25(14-2-6-18(27)22(10-14)31(36)37,15-3-7-19(28)23(11-15)32(38)39)16-4-8-20(29)24(12-16)33(40)41/h1-12H. The van der Waals surface area contributed by atoms with Gasteiger partial charge in [0.05, 0.1) is 43.0 Å². The second kappa shape index (κ2) is 11.7. The Hall–Kier alpha value is -3.60. The molecule has 41 heavy (non-hydrogen) atoms. The fourth-order valence-electron chi connectivity index (χ4n) is 4.54. The van der Waals surface area contributed by atoms with Crippen molar-refractivity contribution < 1.29 is 19.7 Å². The topological polar surface area (TPSA) is 173 Å². The van der Waals surface area contributed by atoms with Gasteiger partial charge in [-0.2, -0.15) is 0 Å². The molecular weight excluding hydrogens is 804 g/mol. The molecule has 0 N–H and O–H groups in total. The van der Waals surface area contributed by atoms with E-state index in [0.29, 0.717) is 0 Å². The molecule has 0 aliphatic heterocycles. The van der Waals surface area contributed by atoms with E-state index in [1.807, 2.05) is 0 Å². The van der Waals surface area contributed by atoms with E-state index in [1.54, 1.807) is 0 Å². The highest BCUT2D eigenvalue weighted by molar-refractivity contribution is 9.11. The Morgan fingerprint density at radius 2 is 0.610 bits per heavy atom. The molecule has 0 unspecified atom stereocenters. The van der Waals surface area contributed by atoms with E-state index >= 15 is 0 Å². The van der Waals surface area contributed by atoms with E-state index in [1.165, 1.54) is 72.8 Å². The molecule has 0 bridgehead atoms. The summed E-state index contributed by atoms with van der Waals surface area (Å²) >= 11 is 12.6. The molecule has 4 aromatic rings. The van der Waals surface area contributed by atoms with Gasteiger partial charge >= 0.3 is 0 Å². The minimum absolute atomic E-state index is 0.130. The van der Waals surface area contributed by atoms with E-state index < -0.39 is 25.1 Å². The molecule has 16 heteroatoms. The lowest BCUT2D eigenvalue weighted by Crippen LogP contribution is -2.31. The van der Waals surface area contributed by atoms with Crippen LogP contribution in [0.1, 0.15) is 22.3 Å². The second-order valence-electron chi connectivity index (χ2n) is 8.44. The Morgan fingerprint density at radius 3 is 0.780 bits per heavy atom. The Balaban J connectivity index is 2.32. The molecule has 0 fully saturated rings. The van der Waals surface area contributed by atoms with E-state index in [9.17, 15) is 40.5 Å². The fourth-order valence-corrected chi connectivity index (χ4v) is 6.11. The maximum absolute atomic E-state index is 12.0. The third-order valence-corrected chi connectivity index (χ3v) is 8.99. The summed E-state index contributed by atoms with van der Waals surface area (Å²) in [5, 5.41) is 47.9. The smallest absolute Gasteiger partial charge is 0.258 e. The molecule has 0 radical (unpaired) electrons. The number of rotatable bonds is 8. The van der Waals surface area contributed by atoms with Crippen LogP contribution < -0.4 is 0 Å². The van der Waals surface area contributed by atoms with Gasteiger partial charge in [-0.3, -0.25) is 40.5 Å². The fraction of sp³-hybridized carbons (Fsp3) is 0.0400. The van der Waals surface area contributed by atoms with Gasteiger partial charge in [0.15, 0.2) is 0 Å². The van der Waals surface area contributed by atoms with Crippen molar-refractivity contribution in [1.82, 2.24) is 0 Å². The van der Waals surface area contributed by atoms with Gasteiger partial charge in [0.25, 0.3) is 22.7 Å². The van der Waals surface area contributed by atoms with Crippen LogP contribution in [-0.2, 0) is 5.41 Å². The maximum atomic E-state index is 12.0. The molecule has 0 heterocycles. The van der Waals surface area contributed by atoms with Crippen LogP contribution in [0.2, 0.25) is 0 Å². The predicted octanol–water partition coefficient (Wildman–Crippen LogP) is 8.75. The molecule has 4 aromatic carbocycles. The summed E-state index contributed by atoms with van der Waals surface area (Å²) in [6.45, 7) is 0. The maximum Gasteiger partial charge on any atom is 0.283 e. The highest BCUT2D eigenvalue weighted by atomic mass is 79.9. The van der Waals surface area contributed by atoms with Crippen LogP contribution in [0.5, 0.6) is 0 Å². The first-order valence-corrected chi connectivity index (χ1v) is 14.2. The highest BCUT2D eigenvalue weighted by Crippen LogP contribution is 2.50. The van der Waals surface area contributed by atoms with Gasteiger partial charge in [0, 0.05) is 24.3 Å².